The van der Waals surface area contributed by atoms with E-state index in [4.69, 9.17) is 10.3 Å². The molecule has 5 nitrogen and oxygen atoms in total. The average Bonchev–Trinajstić information content (AvgIpc) is 2.80. The van der Waals surface area contributed by atoms with Crippen molar-refractivity contribution in [3.8, 4) is 0 Å². The first-order valence-corrected chi connectivity index (χ1v) is 7.28. The Bertz CT molecular complexity index is 351. The predicted octanol–water partition coefficient (Wildman–Crippen LogP) is 2.22. The molecule has 110 valence electrons. The minimum Gasteiger partial charge on any atom is -0.338 e. The summed E-state index contributed by atoms with van der Waals surface area (Å²) >= 11 is 0. The van der Waals surface area contributed by atoms with Crippen LogP contribution in [-0.4, -0.2) is 34.7 Å². The Labute approximate surface area is 116 Å². The quantitative estimate of drug-likeness (QED) is 0.743. The molecule has 1 aromatic heterocycles. The zero-order chi connectivity index (χ0) is 14.3. The molecule has 1 rings (SSSR count). The van der Waals surface area contributed by atoms with E-state index < -0.39 is 0 Å². The van der Waals surface area contributed by atoms with Crippen LogP contribution >= 0.6 is 0 Å². The van der Waals surface area contributed by atoms with Crippen LogP contribution in [0.1, 0.15) is 51.7 Å². The number of nitrogens with two attached hydrogens (primary N) is 1. The van der Waals surface area contributed by atoms with Gasteiger partial charge in [0.25, 0.3) is 0 Å². The molecule has 0 saturated heterocycles. The number of hydrogen-bond donors (Lipinski definition) is 1. The molecule has 0 radical (unpaired) electrons. The molecule has 0 aliphatic heterocycles. The lowest BCUT2D eigenvalue weighted by Gasteiger charge is -2.19. The molecule has 0 spiro atoms. The van der Waals surface area contributed by atoms with E-state index in [2.05, 4.69) is 42.9 Å². The molecule has 0 amide bonds. The van der Waals surface area contributed by atoms with Gasteiger partial charge in [0.05, 0.1) is 6.54 Å². The van der Waals surface area contributed by atoms with E-state index in [0.717, 1.165) is 38.1 Å². The summed E-state index contributed by atoms with van der Waals surface area (Å²) in [6.45, 7) is 8.12. The maximum absolute atomic E-state index is 6.04. The third-order valence-corrected chi connectivity index (χ3v) is 3.37. The topological polar surface area (TPSA) is 68.2 Å². The first kappa shape index (κ1) is 16.1. The second-order valence-corrected chi connectivity index (χ2v) is 5.64. The van der Waals surface area contributed by atoms with Crippen LogP contribution in [0.2, 0.25) is 0 Å². The van der Waals surface area contributed by atoms with Crippen LogP contribution in [0.3, 0.4) is 0 Å². The SMILES string of the molecule is CCCCc1noc(CN(C)CCC(N)C(C)C)n1. The predicted molar refractivity (Wildman–Crippen MR) is 76.7 cm³/mol. The Hall–Kier alpha value is -0.940. The Morgan fingerprint density at radius 1 is 1.37 bits per heavy atom. The van der Waals surface area contributed by atoms with Crippen molar-refractivity contribution < 1.29 is 4.52 Å². The van der Waals surface area contributed by atoms with Gasteiger partial charge < -0.3 is 10.3 Å². The fourth-order valence-corrected chi connectivity index (χ4v) is 1.80. The third kappa shape index (κ3) is 6.16. The normalized spacial score (nSPS) is 13.4. The molecule has 0 aliphatic rings. The number of nitrogens with zero attached hydrogens (tertiary/aromatic N) is 3. The van der Waals surface area contributed by atoms with Gasteiger partial charge in [-0.15, -0.1) is 0 Å². The van der Waals surface area contributed by atoms with Crippen LogP contribution in [0.5, 0.6) is 0 Å². The van der Waals surface area contributed by atoms with Crippen molar-refractivity contribution in [1.29, 1.82) is 0 Å². The van der Waals surface area contributed by atoms with Gasteiger partial charge in [-0.1, -0.05) is 32.3 Å². The molecule has 0 aromatic carbocycles. The zero-order valence-electron chi connectivity index (χ0n) is 12.7. The van der Waals surface area contributed by atoms with Gasteiger partial charge in [-0.25, -0.2) is 0 Å². The Morgan fingerprint density at radius 3 is 2.74 bits per heavy atom. The molecule has 0 aliphatic carbocycles. The van der Waals surface area contributed by atoms with Gasteiger partial charge in [0.15, 0.2) is 5.82 Å². The molecule has 5 heteroatoms. The second kappa shape index (κ2) is 8.27. The molecule has 0 fully saturated rings. The highest BCUT2D eigenvalue weighted by atomic mass is 16.5. The molecule has 1 unspecified atom stereocenters. The van der Waals surface area contributed by atoms with Crippen LogP contribution < -0.4 is 5.73 Å². The number of unbranched alkanes of at least 4 members (excludes halogenated alkanes) is 1. The lowest BCUT2D eigenvalue weighted by atomic mass is 10.0. The summed E-state index contributed by atoms with van der Waals surface area (Å²) in [4.78, 5) is 6.58. The minimum atomic E-state index is 0.255. The van der Waals surface area contributed by atoms with Crippen molar-refractivity contribution in [3.63, 3.8) is 0 Å². The first-order valence-electron chi connectivity index (χ1n) is 7.28. The highest BCUT2D eigenvalue weighted by Gasteiger charge is 2.12. The molecule has 1 aromatic rings. The van der Waals surface area contributed by atoms with Gasteiger partial charge in [-0.05, 0) is 32.4 Å². The summed E-state index contributed by atoms with van der Waals surface area (Å²) in [5.41, 5.74) is 6.04. The third-order valence-electron chi connectivity index (χ3n) is 3.37. The molecule has 0 bridgehead atoms. The zero-order valence-corrected chi connectivity index (χ0v) is 12.7. The van der Waals surface area contributed by atoms with Gasteiger partial charge in [0.2, 0.25) is 5.89 Å². The fraction of sp³-hybridized carbons (Fsp3) is 0.857. The summed E-state index contributed by atoms with van der Waals surface area (Å²) in [6, 6.07) is 0.255. The van der Waals surface area contributed by atoms with Crippen molar-refractivity contribution in [2.24, 2.45) is 11.7 Å². The van der Waals surface area contributed by atoms with E-state index in [-0.39, 0.29) is 6.04 Å². The molecular formula is C14H28N4O. The molecule has 0 saturated carbocycles. The monoisotopic (exact) mass is 268 g/mol. The molecule has 1 heterocycles. The fourth-order valence-electron chi connectivity index (χ4n) is 1.80. The largest absolute Gasteiger partial charge is 0.338 e. The Kier molecular flexibility index (Phi) is 7.02. The summed E-state index contributed by atoms with van der Waals surface area (Å²) in [6.07, 6.45) is 4.15. The summed E-state index contributed by atoms with van der Waals surface area (Å²) in [7, 11) is 2.06. The van der Waals surface area contributed by atoms with Crippen molar-refractivity contribution in [2.75, 3.05) is 13.6 Å². The van der Waals surface area contributed by atoms with Gasteiger partial charge in [-0.3, -0.25) is 4.90 Å². The van der Waals surface area contributed by atoms with Crippen LogP contribution in [-0.2, 0) is 13.0 Å². The maximum atomic E-state index is 6.04. The lowest BCUT2D eigenvalue weighted by molar-refractivity contribution is 0.252. The van der Waals surface area contributed by atoms with Gasteiger partial charge in [0.1, 0.15) is 0 Å². The van der Waals surface area contributed by atoms with Crippen LogP contribution in [0, 0.1) is 5.92 Å². The first-order chi connectivity index (χ1) is 9.02. The number of aromatic nitrogens is 2. The molecule has 19 heavy (non-hydrogen) atoms. The number of aryl methyl sites for hydroxylation is 1. The van der Waals surface area contributed by atoms with Crippen LogP contribution in [0.25, 0.3) is 0 Å². The van der Waals surface area contributed by atoms with Crippen LogP contribution in [0.4, 0.5) is 0 Å². The highest BCUT2D eigenvalue weighted by Crippen LogP contribution is 2.07. The van der Waals surface area contributed by atoms with E-state index >= 15 is 0 Å². The lowest BCUT2D eigenvalue weighted by Crippen LogP contribution is -2.31. The van der Waals surface area contributed by atoms with E-state index in [1.165, 1.54) is 0 Å². The Balaban J connectivity index is 2.31. The van der Waals surface area contributed by atoms with E-state index in [1.54, 1.807) is 0 Å². The average molecular weight is 268 g/mol. The minimum absolute atomic E-state index is 0.255. The van der Waals surface area contributed by atoms with E-state index in [9.17, 15) is 0 Å². The maximum Gasteiger partial charge on any atom is 0.240 e. The van der Waals surface area contributed by atoms with Crippen molar-refractivity contribution in [1.82, 2.24) is 15.0 Å². The van der Waals surface area contributed by atoms with E-state index in [0.29, 0.717) is 18.4 Å². The van der Waals surface area contributed by atoms with Crippen molar-refractivity contribution >= 4 is 0 Å². The van der Waals surface area contributed by atoms with Crippen molar-refractivity contribution in [2.45, 2.75) is 59.0 Å². The van der Waals surface area contributed by atoms with Gasteiger partial charge in [-0.2, -0.15) is 4.98 Å². The Morgan fingerprint density at radius 2 is 2.11 bits per heavy atom. The van der Waals surface area contributed by atoms with Crippen molar-refractivity contribution in [3.05, 3.63) is 11.7 Å². The summed E-state index contributed by atoms with van der Waals surface area (Å²) in [5.74, 6) is 2.05. The summed E-state index contributed by atoms with van der Waals surface area (Å²) in [5, 5.41) is 3.99. The van der Waals surface area contributed by atoms with E-state index in [1.807, 2.05) is 0 Å². The molecular weight excluding hydrogens is 240 g/mol. The summed E-state index contributed by atoms with van der Waals surface area (Å²) < 4.78 is 5.25. The number of hydrogen-bond acceptors (Lipinski definition) is 5. The van der Waals surface area contributed by atoms with Gasteiger partial charge >= 0.3 is 0 Å². The second-order valence-electron chi connectivity index (χ2n) is 5.64. The smallest absolute Gasteiger partial charge is 0.240 e. The highest BCUT2D eigenvalue weighted by molar-refractivity contribution is 4.86. The number of rotatable bonds is 9. The van der Waals surface area contributed by atoms with Gasteiger partial charge in [0, 0.05) is 12.5 Å². The standard InChI is InChI=1S/C14H28N4O/c1-5-6-7-13-16-14(19-17-13)10-18(4)9-8-12(15)11(2)3/h11-12H,5-10,15H2,1-4H3. The molecule has 2 N–H and O–H groups in total. The van der Waals surface area contributed by atoms with Crippen LogP contribution in [0.15, 0.2) is 4.52 Å². The molecule has 1 atom stereocenters.